The molecule has 6 heteroatoms. The summed E-state index contributed by atoms with van der Waals surface area (Å²) < 4.78 is 16.6. The van der Waals surface area contributed by atoms with Crippen LogP contribution >= 0.6 is 11.6 Å². The first-order valence-electron chi connectivity index (χ1n) is 9.16. The van der Waals surface area contributed by atoms with Crippen LogP contribution in [0.5, 0.6) is 17.2 Å². The molecule has 1 aliphatic rings. The van der Waals surface area contributed by atoms with Gasteiger partial charge in [0.1, 0.15) is 17.2 Å². The second-order valence-corrected chi connectivity index (χ2v) is 7.11. The molecule has 0 aliphatic carbocycles. The first-order chi connectivity index (χ1) is 14.5. The average Bonchev–Trinajstić information content (AvgIpc) is 3.07. The first kappa shape index (κ1) is 19.7. The summed E-state index contributed by atoms with van der Waals surface area (Å²) in [5.74, 6) is 0.833. The van der Waals surface area contributed by atoms with Crippen molar-refractivity contribution in [3.8, 4) is 17.2 Å². The van der Waals surface area contributed by atoms with Gasteiger partial charge in [-0.3, -0.25) is 4.79 Å². The maximum absolute atomic E-state index is 12.7. The van der Waals surface area contributed by atoms with E-state index in [0.29, 0.717) is 39.0 Å². The summed E-state index contributed by atoms with van der Waals surface area (Å²) >= 11 is 5.86. The van der Waals surface area contributed by atoms with Gasteiger partial charge in [-0.25, -0.2) is 4.79 Å². The number of ether oxygens (including phenoxy) is 3. The first-order valence-corrected chi connectivity index (χ1v) is 9.53. The van der Waals surface area contributed by atoms with Gasteiger partial charge in [-0.05, 0) is 67.1 Å². The van der Waals surface area contributed by atoms with E-state index in [-0.39, 0.29) is 11.5 Å². The van der Waals surface area contributed by atoms with Crippen LogP contribution in [0, 0.1) is 6.92 Å². The number of halogens is 1. The van der Waals surface area contributed by atoms with Crippen molar-refractivity contribution in [2.75, 3.05) is 7.11 Å². The van der Waals surface area contributed by atoms with Crippen molar-refractivity contribution < 1.29 is 23.8 Å². The van der Waals surface area contributed by atoms with Gasteiger partial charge in [-0.1, -0.05) is 23.7 Å². The zero-order valence-corrected chi connectivity index (χ0v) is 17.0. The van der Waals surface area contributed by atoms with Gasteiger partial charge in [-0.15, -0.1) is 0 Å². The Balaban J connectivity index is 1.60. The maximum atomic E-state index is 12.7. The van der Waals surface area contributed by atoms with Crippen LogP contribution in [0.25, 0.3) is 6.08 Å². The number of esters is 1. The van der Waals surface area contributed by atoms with E-state index in [1.165, 1.54) is 0 Å². The molecule has 5 nitrogen and oxygen atoms in total. The number of ketones is 1. The third kappa shape index (κ3) is 3.80. The average molecular weight is 421 g/mol. The molecule has 0 saturated heterocycles. The highest BCUT2D eigenvalue weighted by atomic mass is 35.5. The molecule has 0 unspecified atom stereocenters. The summed E-state index contributed by atoms with van der Waals surface area (Å²) in [5, 5.41) is 0.530. The fourth-order valence-corrected chi connectivity index (χ4v) is 3.23. The van der Waals surface area contributed by atoms with Gasteiger partial charge in [0.2, 0.25) is 5.78 Å². The van der Waals surface area contributed by atoms with E-state index in [1.54, 1.807) is 62.6 Å². The van der Waals surface area contributed by atoms with E-state index in [1.807, 2.05) is 18.2 Å². The number of rotatable bonds is 4. The molecular formula is C24H17ClO5. The minimum absolute atomic E-state index is 0.197. The molecule has 4 rings (SSSR count). The Bertz CT molecular complexity index is 1180. The van der Waals surface area contributed by atoms with Gasteiger partial charge in [0.05, 0.1) is 18.2 Å². The second-order valence-electron chi connectivity index (χ2n) is 6.68. The molecule has 30 heavy (non-hydrogen) atoms. The summed E-state index contributed by atoms with van der Waals surface area (Å²) in [7, 11) is 1.58. The van der Waals surface area contributed by atoms with Crippen molar-refractivity contribution in [3.63, 3.8) is 0 Å². The summed E-state index contributed by atoms with van der Waals surface area (Å²) in [4.78, 5) is 25.2. The van der Waals surface area contributed by atoms with Crippen LogP contribution < -0.4 is 14.2 Å². The number of hydrogen-bond acceptors (Lipinski definition) is 5. The molecular weight excluding hydrogens is 404 g/mol. The molecule has 0 spiro atoms. The largest absolute Gasteiger partial charge is 0.497 e. The van der Waals surface area contributed by atoms with Crippen molar-refractivity contribution in [1.82, 2.24) is 0 Å². The Morgan fingerprint density at radius 2 is 1.83 bits per heavy atom. The van der Waals surface area contributed by atoms with Crippen molar-refractivity contribution in [2.45, 2.75) is 6.92 Å². The Labute approximate surface area is 178 Å². The quantitative estimate of drug-likeness (QED) is 0.317. The lowest BCUT2D eigenvalue weighted by molar-refractivity contribution is 0.0733. The highest BCUT2D eigenvalue weighted by Gasteiger charge is 2.30. The Hall–Kier alpha value is -3.57. The standard InChI is InChI=1S/C24H17ClO5/c1-14-20(30-24(27)16-6-8-17(25)9-7-16)11-10-19-22(26)21(29-23(14)19)13-15-4-3-5-18(12-15)28-2/h3-13H,1-2H3/b21-13-. The predicted molar refractivity (Wildman–Crippen MR) is 114 cm³/mol. The van der Waals surface area contributed by atoms with Gasteiger partial charge in [0, 0.05) is 10.6 Å². The molecule has 0 saturated carbocycles. The van der Waals surface area contributed by atoms with E-state index in [9.17, 15) is 9.59 Å². The van der Waals surface area contributed by atoms with Crippen LogP contribution in [0.15, 0.2) is 66.4 Å². The van der Waals surface area contributed by atoms with Gasteiger partial charge in [-0.2, -0.15) is 0 Å². The lowest BCUT2D eigenvalue weighted by Crippen LogP contribution is -2.09. The fourth-order valence-electron chi connectivity index (χ4n) is 3.11. The number of allylic oxidation sites excluding steroid dienone is 1. The molecule has 0 N–H and O–H groups in total. The Morgan fingerprint density at radius 1 is 1.07 bits per heavy atom. The van der Waals surface area contributed by atoms with Gasteiger partial charge in [0.15, 0.2) is 5.76 Å². The number of methoxy groups -OCH3 is 1. The number of carbonyl (C=O) groups is 2. The molecule has 0 amide bonds. The van der Waals surface area contributed by atoms with Crippen LogP contribution in [0.1, 0.15) is 31.8 Å². The van der Waals surface area contributed by atoms with Crippen molar-refractivity contribution in [2.24, 2.45) is 0 Å². The lowest BCUT2D eigenvalue weighted by Gasteiger charge is -2.10. The summed E-state index contributed by atoms with van der Waals surface area (Å²) in [6, 6.07) is 16.9. The molecule has 0 fully saturated rings. The zero-order chi connectivity index (χ0) is 21.3. The van der Waals surface area contributed by atoms with Crippen LogP contribution in [0.3, 0.4) is 0 Å². The molecule has 0 aromatic heterocycles. The van der Waals surface area contributed by atoms with Crippen LogP contribution in [0.2, 0.25) is 5.02 Å². The number of hydrogen-bond donors (Lipinski definition) is 0. The summed E-state index contributed by atoms with van der Waals surface area (Å²) in [6.07, 6.45) is 1.66. The van der Waals surface area contributed by atoms with Crippen molar-refractivity contribution in [1.29, 1.82) is 0 Å². The van der Waals surface area contributed by atoms with Gasteiger partial charge < -0.3 is 14.2 Å². The molecule has 0 bridgehead atoms. The number of benzene rings is 3. The van der Waals surface area contributed by atoms with E-state index < -0.39 is 5.97 Å². The highest BCUT2D eigenvalue weighted by molar-refractivity contribution is 6.30. The third-order valence-corrected chi connectivity index (χ3v) is 4.96. The fraction of sp³-hybridized carbons (Fsp3) is 0.0833. The van der Waals surface area contributed by atoms with E-state index in [4.69, 9.17) is 25.8 Å². The monoisotopic (exact) mass is 420 g/mol. The number of carbonyl (C=O) groups excluding carboxylic acids is 2. The minimum atomic E-state index is -0.522. The highest BCUT2D eigenvalue weighted by Crippen LogP contribution is 2.39. The van der Waals surface area contributed by atoms with Gasteiger partial charge in [0.25, 0.3) is 0 Å². The molecule has 3 aromatic carbocycles. The normalized spacial score (nSPS) is 13.7. The topological polar surface area (TPSA) is 61.8 Å². The second kappa shape index (κ2) is 8.05. The third-order valence-electron chi connectivity index (χ3n) is 4.71. The molecule has 1 heterocycles. The van der Waals surface area contributed by atoms with Crippen molar-refractivity contribution >= 4 is 29.4 Å². The molecule has 1 aliphatic heterocycles. The predicted octanol–water partition coefficient (Wildman–Crippen LogP) is 5.49. The zero-order valence-electron chi connectivity index (χ0n) is 16.3. The van der Waals surface area contributed by atoms with E-state index >= 15 is 0 Å². The van der Waals surface area contributed by atoms with Crippen LogP contribution in [-0.4, -0.2) is 18.9 Å². The molecule has 3 aromatic rings. The summed E-state index contributed by atoms with van der Waals surface area (Å²) in [5.41, 5.74) is 2.14. The number of Topliss-reactive ketones (excluding diaryl/α,β-unsaturated/α-hetero) is 1. The van der Waals surface area contributed by atoms with Crippen molar-refractivity contribution in [3.05, 3.63) is 93.7 Å². The Morgan fingerprint density at radius 3 is 2.57 bits per heavy atom. The molecule has 150 valence electrons. The van der Waals surface area contributed by atoms with E-state index in [2.05, 4.69) is 0 Å². The maximum Gasteiger partial charge on any atom is 0.343 e. The van der Waals surface area contributed by atoms with Crippen LogP contribution in [0.4, 0.5) is 0 Å². The van der Waals surface area contributed by atoms with Gasteiger partial charge >= 0.3 is 5.97 Å². The van der Waals surface area contributed by atoms with Crippen LogP contribution in [-0.2, 0) is 0 Å². The molecule has 0 atom stereocenters. The Kier molecular flexibility index (Phi) is 5.29. The van der Waals surface area contributed by atoms with E-state index in [0.717, 1.165) is 5.56 Å². The SMILES string of the molecule is COc1cccc(/C=C2\Oc3c(ccc(OC(=O)c4ccc(Cl)cc4)c3C)C2=O)c1. The smallest absolute Gasteiger partial charge is 0.343 e. The molecule has 0 radical (unpaired) electrons. The summed E-state index contributed by atoms with van der Waals surface area (Å²) in [6.45, 7) is 1.74. The number of fused-ring (bicyclic) bond motifs is 1. The minimum Gasteiger partial charge on any atom is -0.497 e. The lowest BCUT2D eigenvalue weighted by atomic mass is 10.1.